The van der Waals surface area contributed by atoms with Crippen LogP contribution in [0.25, 0.3) is 0 Å². The zero-order valence-electron chi connectivity index (χ0n) is 8.27. The highest BCUT2D eigenvalue weighted by Gasteiger charge is 2.35. The van der Waals surface area contributed by atoms with E-state index in [4.69, 9.17) is 0 Å². The topological polar surface area (TPSA) is 20.2 Å². The van der Waals surface area contributed by atoms with Crippen LogP contribution in [0.5, 0.6) is 0 Å². The molecular weight excluding hydrogens is 252 g/mol. The molecule has 2 heterocycles. The summed E-state index contributed by atoms with van der Waals surface area (Å²) in [5.74, 6) is 4.88. The van der Waals surface area contributed by atoms with Gasteiger partial charge in [0.05, 0.1) is 0 Å². The molecule has 0 spiro atoms. The third-order valence-corrected chi connectivity index (χ3v) is 8.46. The van der Waals surface area contributed by atoms with Gasteiger partial charge >= 0.3 is 0 Å². The van der Waals surface area contributed by atoms with Crippen LogP contribution in [0.1, 0.15) is 13.3 Å². The average molecular weight is 268 g/mol. The summed E-state index contributed by atoms with van der Waals surface area (Å²) in [6, 6.07) is 0. The normalized spacial score (nSPS) is 30.9. The molecule has 0 amide bonds. The van der Waals surface area contributed by atoms with Crippen molar-refractivity contribution in [3.8, 4) is 0 Å². The molecule has 5 heteroatoms. The van der Waals surface area contributed by atoms with Crippen LogP contribution in [0.2, 0.25) is 0 Å². The van der Waals surface area contributed by atoms with Crippen LogP contribution in [0.4, 0.5) is 0 Å². The Morgan fingerprint density at radius 3 is 2.57 bits per heavy atom. The predicted octanol–water partition coefficient (Wildman–Crippen LogP) is 2.74. The third-order valence-electron chi connectivity index (χ3n) is 2.30. The fourth-order valence-electron chi connectivity index (χ4n) is 1.15. The van der Waals surface area contributed by atoms with Gasteiger partial charge in [-0.3, -0.25) is 0 Å². The lowest BCUT2D eigenvalue weighted by Crippen LogP contribution is -2.30. The van der Waals surface area contributed by atoms with E-state index < -0.39 is 4.27 Å². The van der Waals surface area contributed by atoms with Crippen LogP contribution < -0.4 is 0 Å². The van der Waals surface area contributed by atoms with E-state index in [9.17, 15) is 5.11 Å². The molecule has 1 N–H and O–H groups in total. The summed E-state index contributed by atoms with van der Waals surface area (Å²) in [5, 5.41) is 11.9. The summed E-state index contributed by atoms with van der Waals surface area (Å²) in [6.07, 6.45) is 0.862. The molecule has 14 heavy (non-hydrogen) atoms. The first-order valence-electron chi connectivity index (χ1n) is 4.95. The number of thioether (sulfide) groups is 4. The predicted molar refractivity (Wildman–Crippen MR) is 72.6 cm³/mol. The Morgan fingerprint density at radius 2 is 2.14 bits per heavy atom. The van der Waals surface area contributed by atoms with Crippen molar-refractivity contribution in [3.05, 3.63) is 0 Å². The Hall–Kier alpha value is 1.36. The minimum atomic E-state index is -0.505. The lowest BCUT2D eigenvalue weighted by Gasteiger charge is -2.33. The van der Waals surface area contributed by atoms with Crippen LogP contribution in [-0.2, 0) is 0 Å². The molecule has 0 radical (unpaired) electrons. The Bertz CT molecular complexity index is 193. The molecule has 2 rings (SSSR count). The van der Waals surface area contributed by atoms with Crippen molar-refractivity contribution >= 4 is 47.0 Å². The van der Waals surface area contributed by atoms with Gasteiger partial charge in [-0.25, -0.2) is 0 Å². The Labute approximate surface area is 103 Å². The number of hydrogen-bond acceptors (Lipinski definition) is 5. The fraction of sp³-hybridized carbons (Fsp3) is 1.00. The SMILES string of the molecule is CCC(O)(SCC1CS1)SC1CSC1. The van der Waals surface area contributed by atoms with Crippen LogP contribution in [0.3, 0.4) is 0 Å². The summed E-state index contributed by atoms with van der Waals surface area (Å²) in [6.45, 7) is 2.09. The first-order chi connectivity index (χ1) is 6.72. The molecule has 0 aliphatic carbocycles. The molecule has 1 nitrogen and oxygen atoms in total. The van der Waals surface area contributed by atoms with Gasteiger partial charge in [-0.15, -0.1) is 23.5 Å². The zero-order valence-corrected chi connectivity index (χ0v) is 11.5. The van der Waals surface area contributed by atoms with E-state index in [2.05, 4.69) is 6.92 Å². The quantitative estimate of drug-likeness (QED) is 0.588. The second-order valence-electron chi connectivity index (χ2n) is 3.61. The van der Waals surface area contributed by atoms with Crippen LogP contribution in [-0.4, -0.2) is 42.9 Å². The van der Waals surface area contributed by atoms with Gasteiger partial charge < -0.3 is 5.11 Å². The Morgan fingerprint density at radius 1 is 1.43 bits per heavy atom. The summed E-state index contributed by atoms with van der Waals surface area (Å²) in [4.78, 5) is 0. The molecule has 82 valence electrons. The van der Waals surface area contributed by atoms with Gasteiger partial charge in [-0.05, 0) is 6.42 Å². The van der Waals surface area contributed by atoms with E-state index >= 15 is 0 Å². The maximum Gasteiger partial charge on any atom is 0.157 e. The van der Waals surface area contributed by atoms with Crippen molar-refractivity contribution in [2.45, 2.75) is 28.1 Å². The molecule has 0 aromatic rings. The molecule has 0 aromatic carbocycles. The maximum absolute atomic E-state index is 10.3. The summed E-state index contributed by atoms with van der Waals surface area (Å²) in [5.41, 5.74) is 0. The third kappa shape index (κ3) is 3.44. The first-order valence-corrected chi connectivity index (χ1v) is 9.02. The molecule has 0 aromatic heterocycles. The maximum atomic E-state index is 10.3. The summed E-state index contributed by atoms with van der Waals surface area (Å²) < 4.78 is -0.505. The van der Waals surface area contributed by atoms with E-state index in [1.807, 2.05) is 23.5 Å². The standard InChI is InChI=1S/C9H16OS4/c1-2-9(10,13-6-7-5-12-7)14-8-3-11-4-8/h7-8,10H,2-6H2,1H3. The minimum absolute atomic E-state index is 0.505. The summed E-state index contributed by atoms with van der Waals surface area (Å²) in [7, 11) is 0. The zero-order chi connectivity index (χ0) is 10.0. The van der Waals surface area contributed by atoms with Crippen molar-refractivity contribution in [2.75, 3.05) is 23.0 Å². The van der Waals surface area contributed by atoms with Crippen LogP contribution in [0.15, 0.2) is 0 Å². The molecule has 2 unspecified atom stereocenters. The van der Waals surface area contributed by atoms with E-state index in [0.717, 1.165) is 17.4 Å². The lowest BCUT2D eigenvalue weighted by atomic mass is 10.5. The number of rotatable bonds is 6. The van der Waals surface area contributed by atoms with E-state index in [1.54, 1.807) is 23.5 Å². The molecule has 2 aliphatic rings. The smallest absolute Gasteiger partial charge is 0.157 e. The molecule has 0 saturated carbocycles. The van der Waals surface area contributed by atoms with Gasteiger partial charge in [-0.1, -0.05) is 6.92 Å². The molecule has 2 atom stereocenters. The molecule has 0 bridgehead atoms. The fourth-order valence-corrected chi connectivity index (χ4v) is 6.03. The van der Waals surface area contributed by atoms with Gasteiger partial charge in [0.2, 0.25) is 0 Å². The Kier molecular flexibility index (Phi) is 4.33. The highest BCUT2D eigenvalue weighted by atomic mass is 32.2. The molecule has 2 fully saturated rings. The largest absolute Gasteiger partial charge is 0.370 e. The van der Waals surface area contributed by atoms with Gasteiger partial charge in [-0.2, -0.15) is 23.5 Å². The number of hydrogen-bond donors (Lipinski definition) is 1. The van der Waals surface area contributed by atoms with Crippen molar-refractivity contribution in [1.29, 1.82) is 0 Å². The van der Waals surface area contributed by atoms with Gasteiger partial charge in [0, 0.05) is 33.5 Å². The highest BCUT2D eigenvalue weighted by molar-refractivity contribution is 8.20. The van der Waals surface area contributed by atoms with Crippen LogP contribution in [0, 0.1) is 0 Å². The second kappa shape index (κ2) is 5.13. The van der Waals surface area contributed by atoms with Gasteiger partial charge in [0.15, 0.2) is 4.27 Å². The van der Waals surface area contributed by atoms with Gasteiger partial charge in [0.1, 0.15) is 0 Å². The van der Waals surface area contributed by atoms with E-state index in [0.29, 0.717) is 5.25 Å². The van der Waals surface area contributed by atoms with Gasteiger partial charge in [0.25, 0.3) is 0 Å². The van der Waals surface area contributed by atoms with Crippen molar-refractivity contribution in [1.82, 2.24) is 0 Å². The average Bonchev–Trinajstić information content (AvgIpc) is 2.92. The Balaban J connectivity index is 1.73. The van der Waals surface area contributed by atoms with Crippen LogP contribution >= 0.6 is 47.0 Å². The van der Waals surface area contributed by atoms with E-state index in [1.165, 1.54) is 17.3 Å². The second-order valence-corrected chi connectivity index (χ2v) is 9.15. The van der Waals surface area contributed by atoms with Crippen molar-refractivity contribution < 1.29 is 5.11 Å². The molecule has 2 saturated heterocycles. The van der Waals surface area contributed by atoms with E-state index in [-0.39, 0.29) is 0 Å². The molecule has 2 aliphatic heterocycles. The van der Waals surface area contributed by atoms with Crippen molar-refractivity contribution in [2.24, 2.45) is 0 Å². The lowest BCUT2D eigenvalue weighted by molar-refractivity contribution is 0.225. The molecular formula is C9H16OS4. The summed E-state index contributed by atoms with van der Waals surface area (Å²) >= 11 is 7.55. The first kappa shape index (κ1) is 11.8. The number of aliphatic hydroxyl groups is 1. The monoisotopic (exact) mass is 268 g/mol. The highest BCUT2D eigenvalue weighted by Crippen LogP contribution is 2.47. The minimum Gasteiger partial charge on any atom is -0.370 e. The van der Waals surface area contributed by atoms with Crippen molar-refractivity contribution in [3.63, 3.8) is 0 Å².